The largest absolute Gasteiger partial charge is 0.494 e. The van der Waals surface area contributed by atoms with Crippen molar-refractivity contribution >= 4 is 34.3 Å². The third-order valence-corrected chi connectivity index (χ3v) is 6.11. The zero-order valence-corrected chi connectivity index (χ0v) is 18.2. The molecule has 4 N–H and O–H groups in total. The Balaban J connectivity index is 1.38. The van der Waals surface area contributed by atoms with Crippen molar-refractivity contribution in [2.24, 2.45) is 0 Å². The number of benzene rings is 1. The monoisotopic (exact) mass is 439 g/mol. The molecule has 2 saturated heterocycles. The second kappa shape index (κ2) is 9.17. The number of rotatable bonds is 6. The Morgan fingerprint density at radius 2 is 1.97 bits per heavy atom. The van der Waals surface area contributed by atoms with E-state index in [1.54, 1.807) is 13.4 Å². The maximum atomic E-state index is 9.77. The molecule has 32 heavy (non-hydrogen) atoms. The molecule has 0 aliphatic carbocycles. The van der Waals surface area contributed by atoms with Crippen LogP contribution in [0, 0.1) is 0 Å². The fourth-order valence-corrected chi connectivity index (χ4v) is 4.25. The number of aliphatic hydroxyl groups is 1. The number of nitrogens with zero attached hydrogens (tertiary/aromatic N) is 4. The van der Waals surface area contributed by atoms with Gasteiger partial charge in [-0.1, -0.05) is 0 Å². The highest BCUT2D eigenvalue weighted by atomic mass is 16.5. The molecule has 170 valence electrons. The van der Waals surface area contributed by atoms with E-state index in [9.17, 15) is 5.11 Å². The van der Waals surface area contributed by atoms with E-state index in [1.807, 2.05) is 12.1 Å². The van der Waals surface area contributed by atoms with Crippen LogP contribution >= 0.6 is 0 Å². The minimum absolute atomic E-state index is 0.202. The van der Waals surface area contributed by atoms with Crippen molar-refractivity contribution in [1.29, 1.82) is 0 Å². The van der Waals surface area contributed by atoms with Crippen molar-refractivity contribution in [3.63, 3.8) is 0 Å². The first kappa shape index (κ1) is 20.8. The fraction of sp³-hybridized carbons (Fsp3) is 0.500. The first-order valence-corrected chi connectivity index (χ1v) is 11.1. The van der Waals surface area contributed by atoms with E-state index < -0.39 is 0 Å². The Bertz CT molecular complexity index is 1060. The lowest BCUT2D eigenvalue weighted by atomic mass is 10.1. The smallest absolute Gasteiger partial charge is 0.231 e. The summed E-state index contributed by atoms with van der Waals surface area (Å²) in [5.74, 6) is 1.88. The third kappa shape index (κ3) is 4.42. The van der Waals surface area contributed by atoms with Gasteiger partial charge in [-0.25, -0.2) is 4.98 Å². The molecule has 0 bridgehead atoms. The van der Waals surface area contributed by atoms with Gasteiger partial charge in [0.05, 0.1) is 25.2 Å². The van der Waals surface area contributed by atoms with Gasteiger partial charge in [0.25, 0.3) is 0 Å². The third-order valence-electron chi connectivity index (χ3n) is 6.11. The molecule has 0 unspecified atom stereocenters. The number of fused-ring (bicyclic) bond motifs is 1. The summed E-state index contributed by atoms with van der Waals surface area (Å²) in [5, 5.41) is 16.6. The van der Waals surface area contributed by atoms with Crippen molar-refractivity contribution in [3.8, 4) is 5.75 Å². The van der Waals surface area contributed by atoms with Gasteiger partial charge in [0.15, 0.2) is 11.5 Å². The number of aromatic amines is 1. The van der Waals surface area contributed by atoms with E-state index in [-0.39, 0.29) is 6.10 Å². The molecular weight excluding hydrogens is 410 g/mol. The number of ether oxygens (including phenoxy) is 2. The molecule has 2 aliphatic heterocycles. The van der Waals surface area contributed by atoms with Crippen molar-refractivity contribution in [2.75, 3.05) is 48.9 Å². The summed E-state index contributed by atoms with van der Waals surface area (Å²) in [7, 11) is 1.65. The second-order valence-electron chi connectivity index (χ2n) is 8.26. The Morgan fingerprint density at radius 3 is 2.75 bits per heavy atom. The van der Waals surface area contributed by atoms with E-state index in [0.29, 0.717) is 23.4 Å². The average molecular weight is 440 g/mol. The van der Waals surface area contributed by atoms with Crippen LogP contribution in [0.5, 0.6) is 5.75 Å². The van der Waals surface area contributed by atoms with E-state index in [1.165, 1.54) is 0 Å². The number of piperidine rings is 1. The maximum absolute atomic E-state index is 9.77. The summed E-state index contributed by atoms with van der Waals surface area (Å²) in [5.41, 5.74) is 3.24. The van der Waals surface area contributed by atoms with Crippen molar-refractivity contribution in [2.45, 2.75) is 37.8 Å². The molecule has 3 aromatic rings. The van der Waals surface area contributed by atoms with E-state index >= 15 is 0 Å². The molecule has 0 atom stereocenters. The average Bonchev–Trinajstić information content (AvgIpc) is 3.30. The quantitative estimate of drug-likeness (QED) is 0.459. The van der Waals surface area contributed by atoms with Crippen molar-refractivity contribution in [3.05, 3.63) is 24.5 Å². The van der Waals surface area contributed by atoms with Gasteiger partial charge in [0, 0.05) is 44.1 Å². The molecule has 2 aromatic heterocycles. The molecule has 10 heteroatoms. The van der Waals surface area contributed by atoms with E-state index in [4.69, 9.17) is 14.5 Å². The van der Waals surface area contributed by atoms with Crippen LogP contribution in [0.2, 0.25) is 0 Å². The number of methoxy groups -OCH3 is 1. The SMILES string of the molecule is COc1cc(N2CCC(O)CC2)ccc1Nc1nc(NC2CCOCC2)c2[nH]cnc2n1. The molecule has 0 radical (unpaired) electrons. The van der Waals surface area contributed by atoms with Crippen LogP contribution in [0.1, 0.15) is 25.7 Å². The summed E-state index contributed by atoms with van der Waals surface area (Å²) >= 11 is 0. The van der Waals surface area contributed by atoms with Gasteiger partial charge >= 0.3 is 0 Å². The van der Waals surface area contributed by atoms with Gasteiger partial charge in [0.1, 0.15) is 11.3 Å². The molecule has 0 spiro atoms. The lowest BCUT2D eigenvalue weighted by Gasteiger charge is -2.31. The first-order chi connectivity index (χ1) is 15.7. The number of aliphatic hydroxyl groups excluding tert-OH is 1. The molecule has 2 fully saturated rings. The molecule has 4 heterocycles. The molecule has 0 amide bonds. The molecule has 0 saturated carbocycles. The van der Waals surface area contributed by atoms with Gasteiger partial charge in [-0.2, -0.15) is 9.97 Å². The van der Waals surface area contributed by atoms with E-state index in [0.717, 1.165) is 74.7 Å². The molecule has 10 nitrogen and oxygen atoms in total. The molecule has 5 rings (SSSR count). The van der Waals surface area contributed by atoms with Crippen LogP contribution in [-0.4, -0.2) is 70.6 Å². The number of hydrogen-bond acceptors (Lipinski definition) is 9. The lowest BCUT2D eigenvalue weighted by molar-refractivity contribution is 0.0904. The minimum atomic E-state index is -0.202. The number of H-pyrrole nitrogens is 1. The van der Waals surface area contributed by atoms with Crippen molar-refractivity contribution in [1.82, 2.24) is 19.9 Å². The first-order valence-electron chi connectivity index (χ1n) is 11.1. The van der Waals surface area contributed by atoms with Gasteiger partial charge in [-0.05, 0) is 37.8 Å². The topological polar surface area (TPSA) is 120 Å². The number of anilines is 4. The predicted octanol–water partition coefficient (Wildman–Crippen LogP) is 2.66. The van der Waals surface area contributed by atoms with E-state index in [2.05, 4.69) is 36.6 Å². The zero-order chi connectivity index (χ0) is 21.9. The van der Waals surface area contributed by atoms with Crippen LogP contribution in [0.25, 0.3) is 11.2 Å². The summed E-state index contributed by atoms with van der Waals surface area (Å²) < 4.78 is 11.1. The lowest BCUT2D eigenvalue weighted by Crippen LogP contribution is -2.35. The van der Waals surface area contributed by atoms with Crippen LogP contribution in [0.15, 0.2) is 24.5 Å². The molecular formula is C22H29N7O3. The Morgan fingerprint density at radius 1 is 1.16 bits per heavy atom. The molecule has 2 aliphatic rings. The number of nitrogens with one attached hydrogen (secondary N) is 3. The summed E-state index contributed by atoms with van der Waals surface area (Å²) in [6.45, 7) is 3.16. The van der Waals surface area contributed by atoms with Crippen LogP contribution in [0.3, 0.4) is 0 Å². The number of imidazole rings is 1. The Kier molecular flexibility index (Phi) is 5.95. The van der Waals surface area contributed by atoms with Gasteiger partial charge < -0.3 is 35.1 Å². The Hall–Kier alpha value is -3.11. The highest BCUT2D eigenvalue weighted by molar-refractivity contribution is 5.84. The molecule has 1 aromatic carbocycles. The maximum Gasteiger partial charge on any atom is 0.231 e. The van der Waals surface area contributed by atoms with Gasteiger partial charge in [0.2, 0.25) is 5.95 Å². The highest BCUT2D eigenvalue weighted by Crippen LogP contribution is 2.33. The Labute approximate surface area is 186 Å². The fourth-order valence-electron chi connectivity index (χ4n) is 4.25. The summed E-state index contributed by atoms with van der Waals surface area (Å²) in [4.78, 5) is 19.0. The van der Waals surface area contributed by atoms with Gasteiger partial charge in [-0.15, -0.1) is 0 Å². The van der Waals surface area contributed by atoms with Crippen LogP contribution in [-0.2, 0) is 4.74 Å². The van der Waals surface area contributed by atoms with Crippen LogP contribution in [0.4, 0.5) is 23.1 Å². The predicted molar refractivity (Wildman–Crippen MR) is 123 cm³/mol. The minimum Gasteiger partial charge on any atom is -0.494 e. The van der Waals surface area contributed by atoms with Crippen molar-refractivity contribution < 1.29 is 14.6 Å². The standard InChI is InChI=1S/C22H29N7O3/c1-31-18-12-15(29-8-4-16(30)5-9-29)2-3-17(18)26-22-27-20-19(23-13-24-20)21(28-22)25-14-6-10-32-11-7-14/h2-3,12-14,16,30H,4-11H2,1H3,(H3,23,24,25,26,27,28). The number of hydrogen-bond donors (Lipinski definition) is 4. The number of aromatic nitrogens is 4. The highest BCUT2D eigenvalue weighted by Gasteiger charge is 2.20. The second-order valence-corrected chi connectivity index (χ2v) is 8.26. The zero-order valence-electron chi connectivity index (χ0n) is 18.2. The van der Waals surface area contributed by atoms with Gasteiger partial charge in [-0.3, -0.25) is 0 Å². The van der Waals surface area contributed by atoms with Crippen LogP contribution < -0.4 is 20.3 Å². The summed E-state index contributed by atoms with van der Waals surface area (Å²) in [6.07, 6.45) is 4.86. The summed E-state index contributed by atoms with van der Waals surface area (Å²) in [6, 6.07) is 6.34. The normalized spacial score (nSPS) is 18.1.